The standard InChI is InChI=1S/C12H10BrFN4O/c13-8-2-1-3-9(14)11(8)17-12(19)7-4-5-10(18-15)16-6-7/h1-6H,15H2,(H,16,18)(H,17,19). The summed E-state index contributed by atoms with van der Waals surface area (Å²) in [7, 11) is 0. The summed E-state index contributed by atoms with van der Waals surface area (Å²) < 4.78 is 14.0. The molecule has 0 saturated heterocycles. The maximum absolute atomic E-state index is 13.6. The Morgan fingerprint density at radius 1 is 1.32 bits per heavy atom. The van der Waals surface area contributed by atoms with Crippen LogP contribution in [0.4, 0.5) is 15.9 Å². The van der Waals surface area contributed by atoms with Crippen LogP contribution in [0.25, 0.3) is 0 Å². The second-order valence-electron chi connectivity index (χ2n) is 3.63. The molecule has 0 bridgehead atoms. The summed E-state index contributed by atoms with van der Waals surface area (Å²) in [6, 6.07) is 7.52. The van der Waals surface area contributed by atoms with Gasteiger partial charge in [-0.15, -0.1) is 0 Å². The van der Waals surface area contributed by atoms with Gasteiger partial charge in [0.15, 0.2) is 0 Å². The van der Waals surface area contributed by atoms with Gasteiger partial charge in [-0.25, -0.2) is 15.2 Å². The Balaban J connectivity index is 2.20. The summed E-state index contributed by atoms with van der Waals surface area (Å²) >= 11 is 3.17. The molecule has 5 nitrogen and oxygen atoms in total. The van der Waals surface area contributed by atoms with E-state index >= 15 is 0 Å². The zero-order valence-corrected chi connectivity index (χ0v) is 11.2. The maximum Gasteiger partial charge on any atom is 0.257 e. The lowest BCUT2D eigenvalue weighted by molar-refractivity contribution is 0.102. The number of halogens is 2. The number of hydrogen-bond donors (Lipinski definition) is 3. The zero-order chi connectivity index (χ0) is 13.8. The first-order valence-electron chi connectivity index (χ1n) is 5.30. The topological polar surface area (TPSA) is 80.0 Å². The van der Waals surface area contributed by atoms with Crippen molar-refractivity contribution in [3.05, 3.63) is 52.4 Å². The van der Waals surface area contributed by atoms with Crippen molar-refractivity contribution in [3.8, 4) is 0 Å². The number of hydrazine groups is 1. The number of nitrogen functional groups attached to an aromatic ring is 1. The number of aromatic nitrogens is 1. The van der Waals surface area contributed by atoms with Gasteiger partial charge in [0, 0.05) is 10.7 Å². The van der Waals surface area contributed by atoms with E-state index in [1.54, 1.807) is 18.2 Å². The minimum Gasteiger partial charge on any atom is -0.318 e. The van der Waals surface area contributed by atoms with Crippen molar-refractivity contribution < 1.29 is 9.18 Å². The largest absolute Gasteiger partial charge is 0.318 e. The van der Waals surface area contributed by atoms with Crippen LogP contribution in [0.2, 0.25) is 0 Å². The lowest BCUT2D eigenvalue weighted by Gasteiger charge is -2.08. The van der Waals surface area contributed by atoms with Gasteiger partial charge in [0.2, 0.25) is 0 Å². The van der Waals surface area contributed by atoms with Gasteiger partial charge in [0.05, 0.1) is 11.3 Å². The Morgan fingerprint density at radius 3 is 2.68 bits per heavy atom. The summed E-state index contributed by atoms with van der Waals surface area (Å²) in [6.45, 7) is 0. The molecule has 0 spiro atoms. The van der Waals surface area contributed by atoms with Crippen LogP contribution < -0.4 is 16.6 Å². The first-order chi connectivity index (χ1) is 9.11. The van der Waals surface area contributed by atoms with E-state index in [1.807, 2.05) is 0 Å². The first kappa shape index (κ1) is 13.4. The number of nitrogens with zero attached hydrogens (tertiary/aromatic N) is 1. The van der Waals surface area contributed by atoms with Crippen molar-refractivity contribution in [3.63, 3.8) is 0 Å². The van der Waals surface area contributed by atoms with Crippen LogP contribution in [0.15, 0.2) is 41.0 Å². The molecule has 2 aromatic rings. The van der Waals surface area contributed by atoms with Crippen molar-refractivity contribution in [2.24, 2.45) is 5.84 Å². The van der Waals surface area contributed by atoms with E-state index in [2.05, 4.69) is 31.7 Å². The second kappa shape index (κ2) is 5.77. The molecule has 7 heteroatoms. The SMILES string of the molecule is NNc1ccc(C(=O)Nc2c(F)cccc2Br)cn1. The molecule has 0 radical (unpaired) electrons. The number of carbonyl (C=O) groups excluding carboxylic acids is 1. The summed E-state index contributed by atoms with van der Waals surface area (Å²) in [4.78, 5) is 15.8. The normalized spacial score (nSPS) is 10.1. The molecule has 1 heterocycles. The van der Waals surface area contributed by atoms with Crippen LogP contribution in [0.1, 0.15) is 10.4 Å². The van der Waals surface area contributed by atoms with Crippen molar-refractivity contribution in [1.82, 2.24) is 4.98 Å². The van der Waals surface area contributed by atoms with Crippen LogP contribution in [-0.4, -0.2) is 10.9 Å². The zero-order valence-electron chi connectivity index (χ0n) is 9.65. The van der Waals surface area contributed by atoms with Crippen LogP contribution in [-0.2, 0) is 0 Å². The molecular weight excluding hydrogens is 315 g/mol. The Kier molecular flexibility index (Phi) is 4.08. The lowest BCUT2D eigenvalue weighted by Crippen LogP contribution is -2.14. The molecule has 0 unspecified atom stereocenters. The van der Waals surface area contributed by atoms with Crippen LogP contribution >= 0.6 is 15.9 Å². The predicted molar refractivity (Wildman–Crippen MR) is 74.1 cm³/mol. The van der Waals surface area contributed by atoms with E-state index in [9.17, 15) is 9.18 Å². The number of benzene rings is 1. The van der Waals surface area contributed by atoms with Crippen molar-refractivity contribution in [1.29, 1.82) is 0 Å². The Hall–Kier alpha value is -1.99. The number of hydrogen-bond acceptors (Lipinski definition) is 4. The van der Waals surface area contributed by atoms with Gasteiger partial charge >= 0.3 is 0 Å². The highest BCUT2D eigenvalue weighted by atomic mass is 79.9. The van der Waals surface area contributed by atoms with E-state index in [-0.39, 0.29) is 5.69 Å². The minimum absolute atomic E-state index is 0.0912. The van der Waals surface area contributed by atoms with E-state index in [4.69, 9.17) is 5.84 Å². The van der Waals surface area contributed by atoms with Crippen LogP contribution in [0.3, 0.4) is 0 Å². The smallest absolute Gasteiger partial charge is 0.257 e. The van der Waals surface area contributed by atoms with E-state index in [1.165, 1.54) is 18.3 Å². The number of pyridine rings is 1. The van der Waals surface area contributed by atoms with E-state index in [0.717, 1.165) is 0 Å². The third-order valence-electron chi connectivity index (χ3n) is 2.37. The molecule has 98 valence electrons. The molecule has 1 amide bonds. The molecule has 19 heavy (non-hydrogen) atoms. The third kappa shape index (κ3) is 3.07. The Morgan fingerprint density at radius 2 is 2.11 bits per heavy atom. The van der Waals surface area contributed by atoms with Crippen molar-refractivity contribution >= 4 is 33.3 Å². The van der Waals surface area contributed by atoms with Gasteiger partial charge in [-0.2, -0.15) is 0 Å². The summed E-state index contributed by atoms with van der Waals surface area (Å²) in [5, 5.41) is 2.48. The number of nitrogens with one attached hydrogen (secondary N) is 2. The maximum atomic E-state index is 13.6. The van der Waals surface area contributed by atoms with E-state index in [0.29, 0.717) is 15.9 Å². The van der Waals surface area contributed by atoms with Crippen molar-refractivity contribution in [2.75, 3.05) is 10.7 Å². The number of rotatable bonds is 3. The molecule has 0 saturated carbocycles. The van der Waals surface area contributed by atoms with Crippen molar-refractivity contribution in [2.45, 2.75) is 0 Å². The Labute approximate surface area is 117 Å². The second-order valence-corrected chi connectivity index (χ2v) is 4.48. The minimum atomic E-state index is -0.518. The number of amides is 1. The quantitative estimate of drug-likeness (QED) is 0.598. The average molecular weight is 325 g/mol. The summed E-state index contributed by atoms with van der Waals surface area (Å²) in [5.74, 6) is 4.63. The highest BCUT2D eigenvalue weighted by Crippen LogP contribution is 2.25. The number of anilines is 2. The molecule has 4 N–H and O–H groups in total. The molecule has 0 atom stereocenters. The number of nitrogens with two attached hydrogens (primary N) is 1. The third-order valence-corrected chi connectivity index (χ3v) is 3.04. The number of para-hydroxylation sites is 1. The van der Waals surface area contributed by atoms with Gasteiger partial charge in [-0.3, -0.25) is 4.79 Å². The monoisotopic (exact) mass is 324 g/mol. The average Bonchev–Trinajstić information content (AvgIpc) is 2.43. The molecule has 0 aliphatic rings. The Bertz CT molecular complexity index is 583. The van der Waals surface area contributed by atoms with Crippen LogP contribution in [0, 0.1) is 5.82 Å². The number of carbonyl (C=O) groups is 1. The molecule has 0 aliphatic heterocycles. The molecular formula is C12H10BrFN4O. The van der Waals surface area contributed by atoms with Crippen LogP contribution in [0.5, 0.6) is 0 Å². The van der Waals surface area contributed by atoms with Gasteiger partial charge in [0.1, 0.15) is 11.6 Å². The first-order valence-corrected chi connectivity index (χ1v) is 6.09. The molecule has 2 rings (SSSR count). The fourth-order valence-electron chi connectivity index (χ4n) is 1.42. The lowest BCUT2D eigenvalue weighted by atomic mass is 10.2. The van der Waals surface area contributed by atoms with Gasteiger partial charge in [0.25, 0.3) is 5.91 Å². The molecule has 0 fully saturated rings. The van der Waals surface area contributed by atoms with E-state index < -0.39 is 11.7 Å². The summed E-state index contributed by atoms with van der Waals surface area (Å²) in [5.41, 5.74) is 2.74. The highest BCUT2D eigenvalue weighted by molar-refractivity contribution is 9.10. The molecule has 1 aromatic carbocycles. The van der Waals surface area contributed by atoms with Gasteiger partial charge < -0.3 is 10.7 Å². The molecule has 0 aliphatic carbocycles. The highest BCUT2D eigenvalue weighted by Gasteiger charge is 2.12. The fraction of sp³-hybridized carbons (Fsp3) is 0. The molecule has 1 aromatic heterocycles. The van der Waals surface area contributed by atoms with Gasteiger partial charge in [-0.05, 0) is 40.2 Å². The predicted octanol–water partition coefficient (Wildman–Crippen LogP) is 2.52. The fourth-order valence-corrected chi connectivity index (χ4v) is 1.86. The van der Waals surface area contributed by atoms with Gasteiger partial charge in [-0.1, -0.05) is 6.07 Å². The summed E-state index contributed by atoms with van der Waals surface area (Å²) in [6.07, 6.45) is 1.35.